The Labute approximate surface area is 150 Å². The highest BCUT2D eigenvalue weighted by atomic mass is 35.5. The number of nitrogens with two attached hydrogens (primary N) is 2. The van der Waals surface area contributed by atoms with Crippen molar-refractivity contribution in [3.63, 3.8) is 0 Å². The monoisotopic (exact) mass is 353 g/mol. The molecule has 2 rings (SSSR count). The van der Waals surface area contributed by atoms with Gasteiger partial charge in [-0.1, -0.05) is 37.3 Å². The molecule has 3 atom stereocenters. The van der Waals surface area contributed by atoms with E-state index in [0.29, 0.717) is 18.9 Å². The van der Waals surface area contributed by atoms with Gasteiger partial charge in [0.25, 0.3) is 0 Å². The lowest BCUT2D eigenvalue weighted by atomic mass is 9.90. The third kappa shape index (κ3) is 5.49. The molecule has 0 aromatic heterocycles. The summed E-state index contributed by atoms with van der Waals surface area (Å²) in [4.78, 5) is 25.6. The fourth-order valence-electron chi connectivity index (χ4n) is 3.25. The zero-order valence-corrected chi connectivity index (χ0v) is 15.0. The lowest BCUT2D eigenvalue weighted by Gasteiger charge is -2.35. The predicted molar refractivity (Wildman–Crippen MR) is 97.5 cm³/mol. The average molecular weight is 354 g/mol. The van der Waals surface area contributed by atoms with Crippen molar-refractivity contribution in [2.75, 3.05) is 13.1 Å². The summed E-state index contributed by atoms with van der Waals surface area (Å²) in [6.45, 7) is 3.38. The number of carbonyl (C=O) groups excluding carboxylic acids is 2. The van der Waals surface area contributed by atoms with Gasteiger partial charge in [-0.15, -0.1) is 12.4 Å². The van der Waals surface area contributed by atoms with Crippen molar-refractivity contribution in [1.29, 1.82) is 0 Å². The van der Waals surface area contributed by atoms with Gasteiger partial charge in [0.2, 0.25) is 11.8 Å². The predicted octanol–water partition coefficient (Wildman–Crippen LogP) is 2.25. The first-order valence-corrected chi connectivity index (χ1v) is 8.36. The SMILES string of the molecule is CC(C(=O)N1CCCC(CCC(N)=O)C1)C(N)c1ccccc1.Cl. The van der Waals surface area contributed by atoms with Crippen LogP contribution in [0.15, 0.2) is 30.3 Å². The number of piperidine rings is 1. The van der Waals surface area contributed by atoms with E-state index in [2.05, 4.69) is 0 Å². The van der Waals surface area contributed by atoms with Crippen LogP contribution in [0.25, 0.3) is 0 Å². The number of hydrogen-bond donors (Lipinski definition) is 2. The highest BCUT2D eigenvalue weighted by molar-refractivity contribution is 5.85. The summed E-state index contributed by atoms with van der Waals surface area (Å²) in [6, 6.07) is 9.44. The topological polar surface area (TPSA) is 89.4 Å². The number of halogens is 1. The summed E-state index contributed by atoms with van der Waals surface area (Å²) >= 11 is 0. The molecule has 1 aromatic rings. The molecule has 1 aliphatic heterocycles. The minimum atomic E-state index is -0.297. The molecule has 5 nitrogen and oxygen atoms in total. The van der Waals surface area contributed by atoms with Crippen molar-refractivity contribution in [2.45, 2.75) is 38.6 Å². The quantitative estimate of drug-likeness (QED) is 0.821. The van der Waals surface area contributed by atoms with Crippen molar-refractivity contribution in [3.05, 3.63) is 35.9 Å². The van der Waals surface area contributed by atoms with E-state index in [-0.39, 0.29) is 36.2 Å². The van der Waals surface area contributed by atoms with Crippen molar-refractivity contribution in [3.8, 4) is 0 Å². The van der Waals surface area contributed by atoms with Crippen LogP contribution in [0.1, 0.15) is 44.2 Å². The van der Waals surface area contributed by atoms with Gasteiger partial charge in [-0.2, -0.15) is 0 Å². The van der Waals surface area contributed by atoms with Crippen molar-refractivity contribution < 1.29 is 9.59 Å². The maximum absolute atomic E-state index is 12.8. The Morgan fingerprint density at radius 3 is 2.58 bits per heavy atom. The van der Waals surface area contributed by atoms with Crippen LogP contribution >= 0.6 is 12.4 Å². The van der Waals surface area contributed by atoms with Gasteiger partial charge in [0.1, 0.15) is 0 Å². The molecule has 1 aromatic carbocycles. The lowest BCUT2D eigenvalue weighted by molar-refractivity contribution is -0.137. The van der Waals surface area contributed by atoms with E-state index in [4.69, 9.17) is 11.5 Å². The normalized spacial score (nSPS) is 19.9. The Balaban J connectivity index is 0.00000288. The van der Waals surface area contributed by atoms with E-state index in [0.717, 1.165) is 31.4 Å². The number of benzene rings is 1. The zero-order valence-electron chi connectivity index (χ0n) is 14.2. The van der Waals surface area contributed by atoms with Crippen LogP contribution in [0.4, 0.5) is 0 Å². The molecule has 24 heavy (non-hydrogen) atoms. The number of amides is 2. The minimum absolute atomic E-state index is 0. The Hall–Kier alpha value is -1.59. The molecule has 0 spiro atoms. The van der Waals surface area contributed by atoms with Crippen LogP contribution < -0.4 is 11.5 Å². The molecule has 6 heteroatoms. The van der Waals surface area contributed by atoms with Crippen LogP contribution in [0, 0.1) is 11.8 Å². The summed E-state index contributed by atoms with van der Waals surface area (Å²) in [5.74, 6) is -0.0642. The highest BCUT2D eigenvalue weighted by Gasteiger charge is 2.30. The van der Waals surface area contributed by atoms with Gasteiger partial charge in [-0.3, -0.25) is 9.59 Å². The van der Waals surface area contributed by atoms with E-state index in [1.165, 1.54) is 0 Å². The Morgan fingerprint density at radius 2 is 1.96 bits per heavy atom. The maximum Gasteiger partial charge on any atom is 0.227 e. The van der Waals surface area contributed by atoms with E-state index < -0.39 is 0 Å². The van der Waals surface area contributed by atoms with Crippen molar-refractivity contribution >= 4 is 24.2 Å². The first-order valence-electron chi connectivity index (χ1n) is 8.36. The van der Waals surface area contributed by atoms with Gasteiger partial charge >= 0.3 is 0 Å². The number of carbonyl (C=O) groups is 2. The molecule has 0 saturated carbocycles. The number of nitrogens with zero attached hydrogens (tertiary/aromatic N) is 1. The fraction of sp³-hybridized carbons (Fsp3) is 0.556. The van der Waals surface area contributed by atoms with Crippen molar-refractivity contribution in [2.24, 2.45) is 23.3 Å². The molecule has 0 radical (unpaired) electrons. The summed E-state index contributed by atoms with van der Waals surface area (Å²) < 4.78 is 0. The molecule has 3 unspecified atom stereocenters. The fourth-order valence-corrected chi connectivity index (χ4v) is 3.25. The molecule has 1 fully saturated rings. The van der Waals surface area contributed by atoms with Crippen LogP contribution in [0.2, 0.25) is 0 Å². The number of rotatable bonds is 6. The number of likely N-dealkylation sites (tertiary alicyclic amines) is 1. The Morgan fingerprint density at radius 1 is 1.29 bits per heavy atom. The molecule has 1 aliphatic rings. The molecule has 134 valence electrons. The van der Waals surface area contributed by atoms with Crippen molar-refractivity contribution in [1.82, 2.24) is 4.90 Å². The second-order valence-electron chi connectivity index (χ2n) is 6.52. The molecule has 2 amide bonds. The maximum atomic E-state index is 12.8. The van der Waals surface area contributed by atoms with E-state index in [1.54, 1.807) is 0 Å². The minimum Gasteiger partial charge on any atom is -0.370 e. The van der Waals surface area contributed by atoms with Gasteiger partial charge in [0, 0.05) is 25.6 Å². The van der Waals surface area contributed by atoms with Crippen LogP contribution in [-0.2, 0) is 9.59 Å². The van der Waals surface area contributed by atoms with E-state index >= 15 is 0 Å². The molecule has 1 heterocycles. The summed E-state index contributed by atoms with van der Waals surface area (Å²) in [7, 11) is 0. The highest BCUT2D eigenvalue weighted by Crippen LogP contribution is 2.26. The average Bonchev–Trinajstić information content (AvgIpc) is 2.59. The first kappa shape index (κ1) is 20.5. The Bertz CT molecular complexity index is 538. The third-order valence-electron chi connectivity index (χ3n) is 4.74. The largest absolute Gasteiger partial charge is 0.370 e. The summed E-state index contributed by atoms with van der Waals surface area (Å²) in [5.41, 5.74) is 12.5. The second kappa shape index (κ2) is 9.64. The Kier molecular flexibility index (Phi) is 8.22. The molecular weight excluding hydrogens is 326 g/mol. The second-order valence-corrected chi connectivity index (χ2v) is 6.52. The van der Waals surface area contributed by atoms with E-state index in [1.807, 2.05) is 42.2 Å². The molecule has 0 bridgehead atoms. The van der Waals surface area contributed by atoms with Crippen LogP contribution in [0.5, 0.6) is 0 Å². The van der Waals surface area contributed by atoms with Crippen LogP contribution in [0.3, 0.4) is 0 Å². The van der Waals surface area contributed by atoms with Gasteiger partial charge in [-0.05, 0) is 30.7 Å². The number of primary amides is 1. The standard InChI is InChI=1S/C18H27N3O2.ClH/c1-13(17(20)15-7-3-2-4-8-15)18(23)21-11-5-6-14(12-21)9-10-16(19)22;/h2-4,7-8,13-14,17H,5-6,9-12,20H2,1H3,(H2,19,22);1H. The van der Waals surface area contributed by atoms with Crippen LogP contribution in [-0.4, -0.2) is 29.8 Å². The van der Waals surface area contributed by atoms with Gasteiger partial charge in [-0.25, -0.2) is 0 Å². The molecule has 1 saturated heterocycles. The molecular formula is C18H28ClN3O2. The summed E-state index contributed by atoms with van der Waals surface area (Å²) in [5, 5.41) is 0. The summed E-state index contributed by atoms with van der Waals surface area (Å²) in [6.07, 6.45) is 3.18. The van der Waals surface area contributed by atoms with Gasteiger partial charge in [0.05, 0.1) is 5.92 Å². The number of hydrogen-bond acceptors (Lipinski definition) is 3. The first-order chi connectivity index (χ1) is 11.0. The van der Waals surface area contributed by atoms with E-state index in [9.17, 15) is 9.59 Å². The molecule has 4 N–H and O–H groups in total. The molecule has 0 aliphatic carbocycles. The zero-order chi connectivity index (χ0) is 16.8. The van der Waals surface area contributed by atoms with Gasteiger partial charge in [0.15, 0.2) is 0 Å². The van der Waals surface area contributed by atoms with Gasteiger partial charge < -0.3 is 16.4 Å². The lowest BCUT2D eigenvalue weighted by Crippen LogP contribution is -2.44. The smallest absolute Gasteiger partial charge is 0.227 e. The third-order valence-corrected chi connectivity index (χ3v) is 4.74.